The van der Waals surface area contributed by atoms with Crippen LogP contribution in [0.3, 0.4) is 0 Å². The van der Waals surface area contributed by atoms with Gasteiger partial charge in [-0.15, -0.1) is 0 Å². The summed E-state index contributed by atoms with van der Waals surface area (Å²) >= 11 is 12.3. The Hall–Kier alpha value is -3.00. The van der Waals surface area contributed by atoms with Crippen LogP contribution in [0.4, 0.5) is 0 Å². The highest BCUT2D eigenvalue weighted by molar-refractivity contribution is 6.35. The fourth-order valence-corrected chi connectivity index (χ4v) is 3.10. The summed E-state index contributed by atoms with van der Waals surface area (Å²) in [5.74, 6) is 0.677. The summed E-state index contributed by atoms with van der Waals surface area (Å²) in [4.78, 5) is 0. The predicted octanol–water partition coefficient (Wildman–Crippen LogP) is 5.57. The van der Waals surface area contributed by atoms with E-state index in [0.29, 0.717) is 34.5 Å². The number of nitrogens with zero attached hydrogens (tertiary/aromatic N) is 2. The van der Waals surface area contributed by atoms with Gasteiger partial charge in [0.1, 0.15) is 12.4 Å². The maximum Gasteiger partial charge on any atom is 0.128 e. The number of rotatable bonds is 7. The normalized spacial score (nSPS) is 10.6. The molecule has 0 aliphatic rings. The van der Waals surface area contributed by atoms with Crippen LogP contribution in [0.2, 0.25) is 10.0 Å². The molecule has 28 heavy (non-hydrogen) atoms. The molecule has 0 aromatic heterocycles. The number of halogens is 2. The molecule has 0 heterocycles. The highest BCUT2D eigenvalue weighted by atomic mass is 35.5. The van der Waals surface area contributed by atoms with Crippen LogP contribution in [0.25, 0.3) is 0 Å². The van der Waals surface area contributed by atoms with Crippen LogP contribution in [-0.2, 0) is 13.2 Å². The van der Waals surface area contributed by atoms with Crippen LogP contribution in [0.1, 0.15) is 22.3 Å². The van der Waals surface area contributed by atoms with E-state index < -0.39 is 0 Å². The van der Waals surface area contributed by atoms with Gasteiger partial charge < -0.3 is 10.2 Å². The zero-order chi connectivity index (χ0) is 19.8. The van der Waals surface area contributed by atoms with Gasteiger partial charge in [-0.05, 0) is 30.3 Å². The van der Waals surface area contributed by atoms with Crippen molar-refractivity contribution in [1.82, 2.24) is 5.43 Å². The van der Waals surface area contributed by atoms with Crippen molar-refractivity contribution >= 4 is 29.4 Å². The van der Waals surface area contributed by atoms with Crippen molar-refractivity contribution in [2.24, 2.45) is 5.10 Å². The molecule has 0 fully saturated rings. The Bertz CT molecular complexity index is 1010. The zero-order valence-electron chi connectivity index (χ0n) is 14.9. The SMILES string of the molecule is N#Cc1ccccc1COc1ccccc1/C=N/NCc1c(Cl)cccc1Cl. The largest absolute Gasteiger partial charge is 0.488 e. The van der Waals surface area contributed by atoms with E-state index in [1.165, 1.54) is 0 Å². The summed E-state index contributed by atoms with van der Waals surface area (Å²) in [7, 11) is 0. The molecule has 6 heteroatoms. The molecule has 0 aliphatic heterocycles. The fourth-order valence-electron chi connectivity index (χ4n) is 2.57. The molecule has 3 rings (SSSR count). The van der Waals surface area contributed by atoms with E-state index in [1.54, 1.807) is 30.5 Å². The maximum atomic E-state index is 9.19. The van der Waals surface area contributed by atoms with E-state index in [2.05, 4.69) is 16.6 Å². The molecule has 4 nitrogen and oxygen atoms in total. The minimum Gasteiger partial charge on any atom is -0.488 e. The number of benzene rings is 3. The number of ether oxygens (including phenoxy) is 1. The van der Waals surface area contributed by atoms with E-state index in [9.17, 15) is 5.26 Å². The number of hydrogen-bond acceptors (Lipinski definition) is 4. The molecule has 3 aromatic rings. The first kappa shape index (κ1) is 19.8. The minimum atomic E-state index is 0.303. The standard InChI is InChI=1S/C22H17Cl2N3O/c23-20-9-5-10-21(24)19(20)14-27-26-13-17-7-3-4-11-22(17)28-15-18-8-2-1-6-16(18)12-25/h1-11,13,27H,14-15H2/b26-13+. The first-order chi connectivity index (χ1) is 13.7. The van der Waals surface area contributed by atoms with Gasteiger partial charge in [-0.3, -0.25) is 0 Å². The Labute approximate surface area is 174 Å². The molecule has 0 saturated carbocycles. The lowest BCUT2D eigenvalue weighted by Gasteiger charge is -2.10. The van der Waals surface area contributed by atoms with Gasteiger partial charge in [0.15, 0.2) is 0 Å². The third kappa shape index (κ3) is 5.04. The summed E-state index contributed by atoms with van der Waals surface area (Å²) in [6, 6.07) is 22.5. The summed E-state index contributed by atoms with van der Waals surface area (Å²) < 4.78 is 5.91. The summed E-state index contributed by atoms with van der Waals surface area (Å²) in [5, 5.41) is 14.6. The highest BCUT2D eigenvalue weighted by Crippen LogP contribution is 2.24. The van der Waals surface area contributed by atoms with Crippen molar-refractivity contribution in [3.05, 3.63) is 99.0 Å². The fraction of sp³-hybridized carbons (Fsp3) is 0.0909. The third-order valence-electron chi connectivity index (χ3n) is 4.05. The first-order valence-corrected chi connectivity index (χ1v) is 9.33. The molecule has 0 spiro atoms. The van der Waals surface area contributed by atoms with Crippen LogP contribution < -0.4 is 10.2 Å². The van der Waals surface area contributed by atoms with Crippen LogP contribution in [0.5, 0.6) is 5.75 Å². The second kappa shape index (κ2) is 9.80. The Balaban J connectivity index is 1.65. The van der Waals surface area contributed by atoms with Gasteiger partial charge in [0.05, 0.1) is 24.4 Å². The number of hydrazone groups is 1. The Kier molecular flexibility index (Phi) is 6.91. The minimum absolute atomic E-state index is 0.303. The van der Waals surface area contributed by atoms with Crippen molar-refractivity contribution in [2.45, 2.75) is 13.2 Å². The van der Waals surface area contributed by atoms with Gasteiger partial charge in [0.2, 0.25) is 0 Å². The molecule has 0 saturated heterocycles. The van der Waals surface area contributed by atoms with Crippen molar-refractivity contribution in [3.8, 4) is 11.8 Å². The molecular weight excluding hydrogens is 393 g/mol. The van der Waals surface area contributed by atoms with Gasteiger partial charge in [-0.2, -0.15) is 10.4 Å². The molecule has 0 radical (unpaired) electrons. The number of nitriles is 1. The quantitative estimate of drug-likeness (QED) is 0.409. The highest BCUT2D eigenvalue weighted by Gasteiger charge is 2.06. The van der Waals surface area contributed by atoms with E-state index in [4.69, 9.17) is 27.9 Å². The molecule has 0 aliphatic carbocycles. The number of para-hydroxylation sites is 1. The first-order valence-electron chi connectivity index (χ1n) is 8.57. The van der Waals surface area contributed by atoms with E-state index in [-0.39, 0.29) is 0 Å². The average molecular weight is 410 g/mol. The van der Waals surface area contributed by atoms with E-state index in [0.717, 1.165) is 16.7 Å². The second-order valence-corrected chi connectivity index (χ2v) is 6.70. The van der Waals surface area contributed by atoms with Gasteiger partial charge in [0, 0.05) is 26.7 Å². The molecule has 3 aromatic carbocycles. The predicted molar refractivity (Wildman–Crippen MR) is 113 cm³/mol. The van der Waals surface area contributed by atoms with Crippen molar-refractivity contribution in [1.29, 1.82) is 5.26 Å². The van der Waals surface area contributed by atoms with Gasteiger partial charge in [-0.25, -0.2) is 0 Å². The Morgan fingerprint density at radius 3 is 2.46 bits per heavy atom. The van der Waals surface area contributed by atoms with E-state index >= 15 is 0 Å². The van der Waals surface area contributed by atoms with Crippen LogP contribution in [-0.4, -0.2) is 6.21 Å². The van der Waals surface area contributed by atoms with Gasteiger partial charge in [-0.1, -0.05) is 59.6 Å². The van der Waals surface area contributed by atoms with E-state index in [1.807, 2.05) is 42.5 Å². The van der Waals surface area contributed by atoms with Gasteiger partial charge >= 0.3 is 0 Å². The van der Waals surface area contributed by atoms with Gasteiger partial charge in [0.25, 0.3) is 0 Å². The van der Waals surface area contributed by atoms with Crippen LogP contribution >= 0.6 is 23.2 Å². The smallest absolute Gasteiger partial charge is 0.128 e. The topological polar surface area (TPSA) is 57.4 Å². The third-order valence-corrected chi connectivity index (χ3v) is 4.76. The van der Waals surface area contributed by atoms with Crippen LogP contribution in [0.15, 0.2) is 71.8 Å². The van der Waals surface area contributed by atoms with Crippen molar-refractivity contribution in [2.75, 3.05) is 0 Å². The Morgan fingerprint density at radius 2 is 1.68 bits per heavy atom. The van der Waals surface area contributed by atoms with Crippen molar-refractivity contribution < 1.29 is 4.74 Å². The summed E-state index contributed by atoms with van der Waals surface area (Å²) in [6.45, 7) is 0.713. The molecule has 0 unspecified atom stereocenters. The molecule has 0 amide bonds. The number of hydrogen-bond donors (Lipinski definition) is 1. The number of nitrogens with one attached hydrogen (secondary N) is 1. The summed E-state index contributed by atoms with van der Waals surface area (Å²) in [5.41, 5.74) is 6.00. The maximum absolute atomic E-state index is 9.19. The molecule has 140 valence electrons. The molecule has 0 bridgehead atoms. The Morgan fingerprint density at radius 1 is 0.964 bits per heavy atom. The summed E-state index contributed by atoms with van der Waals surface area (Å²) in [6.07, 6.45) is 1.68. The molecule has 0 atom stereocenters. The average Bonchev–Trinajstić information content (AvgIpc) is 2.72. The van der Waals surface area contributed by atoms with Crippen LogP contribution in [0, 0.1) is 11.3 Å². The second-order valence-electron chi connectivity index (χ2n) is 5.89. The zero-order valence-corrected chi connectivity index (χ0v) is 16.4. The molecular formula is C22H17Cl2N3O. The monoisotopic (exact) mass is 409 g/mol. The lowest BCUT2D eigenvalue weighted by molar-refractivity contribution is 0.305. The van der Waals surface area contributed by atoms with Crippen molar-refractivity contribution in [3.63, 3.8) is 0 Å². The lowest BCUT2D eigenvalue weighted by atomic mass is 10.1. The molecule has 1 N–H and O–H groups in total. The lowest BCUT2D eigenvalue weighted by Crippen LogP contribution is -2.07.